The Bertz CT molecular complexity index is 981. The first-order chi connectivity index (χ1) is 14.1. The lowest BCUT2D eigenvalue weighted by molar-refractivity contribution is -0.120. The third-order valence-electron chi connectivity index (χ3n) is 5.38. The first-order valence-corrected chi connectivity index (χ1v) is 9.81. The number of para-hydroxylation sites is 1. The summed E-state index contributed by atoms with van der Waals surface area (Å²) in [4.78, 5) is 14.8. The molecule has 5 nitrogen and oxygen atoms in total. The third-order valence-corrected chi connectivity index (χ3v) is 5.38. The fourth-order valence-corrected chi connectivity index (χ4v) is 3.59. The molecule has 29 heavy (non-hydrogen) atoms. The second kappa shape index (κ2) is 8.39. The molecule has 1 amide bonds. The van der Waals surface area contributed by atoms with Gasteiger partial charge in [-0.15, -0.1) is 10.2 Å². The molecule has 6 heteroatoms. The molecule has 0 saturated carbocycles. The van der Waals surface area contributed by atoms with Crippen LogP contribution in [0.25, 0.3) is 11.3 Å². The van der Waals surface area contributed by atoms with Gasteiger partial charge in [0.1, 0.15) is 5.82 Å². The third kappa shape index (κ3) is 4.42. The van der Waals surface area contributed by atoms with Crippen molar-refractivity contribution in [3.63, 3.8) is 0 Å². The van der Waals surface area contributed by atoms with Crippen molar-refractivity contribution in [2.45, 2.75) is 19.8 Å². The number of amides is 1. The van der Waals surface area contributed by atoms with Crippen molar-refractivity contribution in [1.29, 1.82) is 0 Å². The van der Waals surface area contributed by atoms with Gasteiger partial charge in [0.15, 0.2) is 5.82 Å². The SMILES string of the molecule is Cc1ccccc1NC(=O)C1CCN(c2ccc(-c3ccc(F)cc3)nn2)CC1. The summed E-state index contributed by atoms with van der Waals surface area (Å²) in [7, 11) is 0. The van der Waals surface area contributed by atoms with Gasteiger partial charge in [0.25, 0.3) is 0 Å². The van der Waals surface area contributed by atoms with Crippen LogP contribution in [0.2, 0.25) is 0 Å². The number of benzene rings is 2. The molecule has 2 heterocycles. The highest BCUT2D eigenvalue weighted by Gasteiger charge is 2.26. The number of hydrogen-bond donors (Lipinski definition) is 1. The van der Waals surface area contributed by atoms with E-state index in [-0.39, 0.29) is 17.6 Å². The highest BCUT2D eigenvalue weighted by molar-refractivity contribution is 5.93. The van der Waals surface area contributed by atoms with E-state index >= 15 is 0 Å². The molecule has 1 saturated heterocycles. The van der Waals surface area contributed by atoms with Crippen LogP contribution >= 0.6 is 0 Å². The van der Waals surface area contributed by atoms with E-state index in [1.807, 2.05) is 43.3 Å². The molecule has 0 bridgehead atoms. The summed E-state index contributed by atoms with van der Waals surface area (Å²) < 4.78 is 13.1. The highest BCUT2D eigenvalue weighted by atomic mass is 19.1. The number of halogens is 1. The van der Waals surface area contributed by atoms with Gasteiger partial charge in [-0.3, -0.25) is 4.79 Å². The summed E-state index contributed by atoms with van der Waals surface area (Å²) in [6.07, 6.45) is 1.55. The first kappa shape index (κ1) is 19.1. The van der Waals surface area contributed by atoms with Gasteiger partial charge in [0.05, 0.1) is 5.69 Å². The molecule has 3 aromatic rings. The number of nitrogens with one attached hydrogen (secondary N) is 1. The van der Waals surface area contributed by atoms with E-state index in [9.17, 15) is 9.18 Å². The Balaban J connectivity index is 1.35. The van der Waals surface area contributed by atoms with Crippen LogP contribution in [0, 0.1) is 18.7 Å². The molecule has 0 aliphatic carbocycles. The molecule has 0 radical (unpaired) electrons. The molecular weight excluding hydrogens is 367 g/mol. The average Bonchev–Trinajstić information content (AvgIpc) is 2.76. The maximum atomic E-state index is 13.1. The van der Waals surface area contributed by atoms with Crippen LogP contribution in [0.15, 0.2) is 60.7 Å². The fourth-order valence-electron chi connectivity index (χ4n) is 3.59. The van der Waals surface area contributed by atoms with Crippen molar-refractivity contribution >= 4 is 17.4 Å². The minimum atomic E-state index is -0.271. The van der Waals surface area contributed by atoms with Gasteiger partial charge in [-0.25, -0.2) is 4.39 Å². The van der Waals surface area contributed by atoms with Crippen molar-refractivity contribution in [2.75, 3.05) is 23.3 Å². The Kier molecular flexibility index (Phi) is 5.51. The summed E-state index contributed by atoms with van der Waals surface area (Å²) in [5.41, 5.74) is 3.48. The molecule has 0 spiro atoms. The molecule has 1 N–H and O–H groups in total. The molecule has 148 valence electrons. The molecular formula is C23H23FN4O. The summed E-state index contributed by atoms with van der Waals surface area (Å²) in [5.74, 6) is 0.607. The molecule has 0 atom stereocenters. The van der Waals surface area contributed by atoms with Crippen LogP contribution in [-0.4, -0.2) is 29.2 Å². The van der Waals surface area contributed by atoms with Crippen molar-refractivity contribution < 1.29 is 9.18 Å². The summed E-state index contributed by atoms with van der Waals surface area (Å²) in [6, 6.07) is 17.9. The quantitative estimate of drug-likeness (QED) is 0.715. The van der Waals surface area contributed by atoms with E-state index in [0.717, 1.165) is 48.6 Å². The van der Waals surface area contributed by atoms with Crippen molar-refractivity contribution in [3.8, 4) is 11.3 Å². The van der Waals surface area contributed by atoms with Crippen LogP contribution in [0.3, 0.4) is 0 Å². The maximum Gasteiger partial charge on any atom is 0.227 e. The Morgan fingerprint density at radius 2 is 1.72 bits per heavy atom. The summed E-state index contributed by atoms with van der Waals surface area (Å²) >= 11 is 0. The molecule has 0 unspecified atom stereocenters. The first-order valence-electron chi connectivity index (χ1n) is 9.81. The van der Waals surface area contributed by atoms with Crippen LogP contribution in [0.5, 0.6) is 0 Å². The second-order valence-electron chi connectivity index (χ2n) is 7.35. The summed E-state index contributed by atoms with van der Waals surface area (Å²) in [5, 5.41) is 11.7. The average molecular weight is 390 g/mol. The van der Waals surface area contributed by atoms with Crippen LogP contribution in [0.4, 0.5) is 15.9 Å². The zero-order chi connectivity index (χ0) is 20.2. The topological polar surface area (TPSA) is 58.1 Å². The van der Waals surface area contributed by atoms with Crippen LogP contribution in [0.1, 0.15) is 18.4 Å². The van der Waals surface area contributed by atoms with Crippen molar-refractivity contribution in [3.05, 3.63) is 72.0 Å². The smallest absolute Gasteiger partial charge is 0.227 e. The van der Waals surface area contributed by atoms with Gasteiger partial charge in [0.2, 0.25) is 5.91 Å². The number of rotatable bonds is 4. The maximum absolute atomic E-state index is 13.1. The van der Waals surface area contributed by atoms with Gasteiger partial charge < -0.3 is 10.2 Å². The van der Waals surface area contributed by atoms with Crippen molar-refractivity contribution in [2.24, 2.45) is 5.92 Å². The fraction of sp³-hybridized carbons (Fsp3) is 0.261. The number of hydrogen-bond acceptors (Lipinski definition) is 4. The van der Waals surface area contributed by atoms with E-state index in [1.54, 1.807) is 12.1 Å². The Labute approximate surface area is 169 Å². The van der Waals surface area contributed by atoms with Crippen LogP contribution < -0.4 is 10.2 Å². The van der Waals surface area contributed by atoms with Crippen LogP contribution in [-0.2, 0) is 4.79 Å². The van der Waals surface area contributed by atoms with Gasteiger partial charge in [0, 0.05) is 30.3 Å². The summed E-state index contributed by atoms with van der Waals surface area (Å²) in [6.45, 7) is 3.51. The lowest BCUT2D eigenvalue weighted by atomic mass is 9.95. The van der Waals surface area contributed by atoms with Crippen molar-refractivity contribution in [1.82, 2.24) is 10.2 Å². The standard InChI is InChI=1S/C23H23FN4O/c1-16-4-2-3-5-20(16)25-23(29)18-12-14-28(15-13-18)22-11-10-21(26-27-22)17-6-8-19(24)9-7-17/h2-11,18H,12-15H2,1H3,(H,25,29). The predicted molar refractivity (Wildman–Crippen MR) is 112 cm³/mol. The van der Waals surface area contributed by atoms with E-state index in [2.05, 4.69) is 20.4 Å². The molecule has 1 aliphatic rings. The molecule has 4 rings (SSSR count). The normalized spacial score (nSPS) is 14.6. The molecule has 1 aliphatic heterocycles. The number of aromatic nitrogens is 2. The van der Waals surface area contributed by atoms with Gasteiger partial charge in [-0.1, -0.05) is 18.2 Å². The highest BCUT2D eigenvalue weighted by Crippen LogP contribution is 2.25. The Morgan fingerprint density at radius 1 is 1.00 bits per heavy atom. The second-order valence-corrected chi connectivity index (χ2v) is 7.35. The predicted octanol–water partition coefficient (Wildman–Crippen LogP) is 4.45. The zero-order valence-corrected chi connectivity index (χ0v) is 16.3. The Morgan fingerprint density at radius 3 is 2.38 bits per heavy atom. The number of anilines is 2. The number of nitrogens with zero attached hydrogens (tertiary/aromatic N) is 3. The number of carbonyl (C=O) groups is 1. The van der Waals surface area contributed by atoms with Gasteiger partial charge >= 0.3 is 0 Å². The lowest BCUT2D eigenvalue weighted by Gasteiger charge is -2.32. The van der Waals surface area contributed by atoms with Gasteiger partial charge in [-0.2, -0.15) is 0 Å². The lowest BCUT2D eigenvalue weighted by Crippen LogP contribution is -2.38. The Hall–Kier alpha value is -3.28. The largest absolute Gasteiger partial charge is 0.355 e. The van der Waals surface area contributed by atoms with E-state index in [0.29, 0.717) is 5.69 Å². The van der Waals surface area contributed by atoms with E-state index < -0.39 is 0 Å². The minimum absolute atomic E-state index is 0.00250. The molecule has 2 aromatic carbocycles. The number of aryl methyl sites for hydroxylation is 1. The molecule has 1 fully saturated rings. The van der Waals surface area contributed by atoms with Gasteiger partial charge in [-0.05, 0) is 67.8 Å². The minimum Gasteiger partial charge on any atom is -0.355 e. The van der Waals surface area contributed by atoms with E-state index in [1.165, 1.54) is 12.1 Å². The number of piperidine rings is 1. The van der Waals surface area contributed by atoms with E-state index in [4.69, 9.17) is 0 Å². The zero-order valence-electron chi connectivity index (χ0n) is 16.3. The number of carbonyl (C=O) groups excluding carboxylic acids is 1. The monoisotopic (exact) mass is 390 g/mol. The molecule has 1 aromatic heterocycles.